The molecule has 0 saturated heterocycles. The molecule has 0 N–H and O–H groups in total. The van der Waals surface area contributed by atoms with Crippen LogP contribution in [0.5, 0.6) is 0 Å². The average Bonchev–Trinajstić information content (AvgIpc) is 2.22. The van der Waals surface area contributed by atoms with Crippen LogP contribution in [0.15, 0.2) is 0 Å². The predicted octanol–water partition coefficient (Wildman–Crippen LogP) is 6.23. The maximum atomic E-state index is 13.9. The van der Waals surface area contributed by atoms with E-state index in [1.54, 1.807) is 6.92 Å². The molecular formula is C11H14F9I. The molecule has 0 radical (unpaired) electrons. The van der Waals surface area contributed by atoms with E-state index in [2.05, 4.69) is 0 Å². The van der Waals surface area contributed by atoms with Crippen LogP contribution >= 0.6 is 22.6 Å². The molecule has 2 unspecified atom stereocenters. The van der Waals surface area contributed by atoms with Gasteiger partial charge in [-0.25, -0.2) is 4.39 Å². The van der Waals surface area contributed by atoms with Gasteiger partial charge in [0, 0.05) is 9.84 Å². The first-order valence-electron chi connectivity index (χ1n) is 5.91. The Morgan fingerprint density at radius 3 is 1.52 bits per heavy atom. The van der Waals surface area contributed by atoms with E-state index in [-0.39, 0.29) is 12.8 Å². The molecule has 0 spiro atoms. The minimum absolute atomic E-state index is 0.111. The van der Waals surface area contributed by atoms with Crippen molar-refractivity contribution in [3.8, 4) is 0 Å². The lowest BCUT2D eigenvalue weighted by Gasteiger charge is -2.39. The Kier molecular flexibility index (Phi) is 6.34. The number of hydrogen-bond donors (Lipinski definition) is 0. The van der Waals surface area contributed by atoms with Gasteiger partial charge in [-0.3, -0.25) is 0 Å². The first-order valence-corrected chi connectivity index (χ1v) is 6.99. The second kappa shape index (κ2) is 6.31. The van der Waals surface area contributed by atoms with Gasteiger partial charge in [-0.15, -0.1) is 0 Å². The van der Waals surface area contributed by atoms with Gasteiger partial charge >= 0.3 is 18.3 Å². The highest BCUT2D eigenvalue weighted by molar-refractivity contribution is 14.1. The van der Waals surface area contributed by atoms with Crippen molar-refractivity contribution in [3.05, 3.63) is 0 Å². The summed E-state index contributed by atoms with van der Waals surface area (Å²) >= 11 is 1.29. The Balaban J connectivity index is 5.71. The molecule has 0 saturated carbocycles. The number of unbranched alkanes of at least 4 members (excludes halogenated alkanes) is 1. The summed E-state index contributed by atoms with van der Waals surface area (Å²) in [6.45, 7) is 2.68. The first-order chi connectivity index (χ1) is 9.02. The quantitative estimate of drug-likeness (QED) is 0.259. The Labute approximate surface area is 129 Å². The molecule has 21 heavy (non-hydrogen) atoms. The standard InChI is InChI=1S/C11H14F9I/c1-3-4-5-7(2,21)6-8(12,10(15,16)17)9(13,14)11(18,19)20/h3-6H2,1-2H3. The summed E-state index contributed by atoms with van der Waals surface area (Å²) in [5, 5.41) is 0. The Morgan fingerprint density at radius 1 is 0.810 bits per heavy atom. The third kappa shape index (κ3) is 4.54. The summed E-state index contributed by atoms with van der Waals surface area (Å²) in [4.78, 5) is 0. The zero-order valence-electron chi connectivity index (χ0n) is 11.1. The van der Waals surface area contributed by atoms with Crippen molar-refractivity contribution in [2.45, 2.75) is 66.9 Å². The predicted molar refractivity (Wildman–Crippen MR) is 67.5 cm³/mol. The highest BCUT2D eigenvalue weighted by atomic mass is 127. The molecule has 10 heteroatoms. The fourth-order valence-electron chi connectivity index (χ4n) is 1.76. The highest BCUT2D eigenvalue weighted by Gasteiger charge is 2.81. The second-order valence-electron chi connectivity index (χ2n) is 5.06. The fourth-order valence-corrected chi connectivity index (χ4v) is 2.66. The molecule has 0 amide bonds. The van der Waals surface area contributed by atoms with E-state index in [1.807, 2.05) is 0 Å². The minimum Gasteiger partial charge on any atom is -0.227 e. The third-order valence-electron chi connectivity index (χ3n) is 2.97. The number of rotatable bonds is 6. The van der Waals surface area contributed by atoms with E-state index >= 15 is 0 Å². The lowest BCUT2D eigenvalue weighted by molar-refractivity contribution is -0.385. The average molecular weight is 444 g/mol. The van der Waals surface area contributed by atoms with E-state index in [9.17, 15) is 39.5 Å². The molecule has 0 bridgehead atoms. The number of hydrogen-bond acceptors (Lipinski definition) is 0. The molecular weight excluding hydrogens is 430 g/mol. The SMILES string of the molecule is CCCCC(C)(I)CC(F)(C(F)(F)F)C(F)(F)C(F)(F)F. The molecule has 2 atom stereocenters. The normalized spacial score (nSPS) is 20.0. The van der Waals surface area contributed by atoms with Crippen molar-refractivity contribution in [1.29, 1.82) is 0 Å². The minimum atomic E-state index is -6.63. The van der Waals surface area contributed by atoms with Crippen LogP contribution in [-0.2, 0) is 0 Å². The lowest BCUT2D eigenvalue weighted by atomic mass is 9.84. The highest BCUT2D eigenvalue weighted by Crippen LogP contribution is 2.57. The number of halogens is 10. The number of alkyl halides is 10. The van der Waals surface area contributed by atoms with Gasteiger partial charge < -0.3 is 0 Å². The van der Waals surface area contributed by atoms with E-state index in [0.29, 0.717) is 6.42 Å². The Hall–Kier alpha value is 0.1000. The summed E-state index contributed by atoms with van der Waals surface area (Å²) in [6, 6.07) is 0. The van der Waals surface area contributed by atoms with Crippen molar-refractivity contribution in [2.75, 3.05) is 0 Å². The van der Waals surface area contributed by atoms with Crippen LogP contribution in [0.1, 0.15) is 39.5 Å². The summed E-state index contributed by atoms with van der Waals surface area (Å²) in [7, 11) is 0. The Bertz CT molecular complexity index is 345. The zero-order valence-corrected chi connectivity index (χ0v) is 13.3. The summed E-state index contributed by atoms with van der Waals surface area (Å²) in [5.41, 5.74) is -5.66. The van der Waals surface area contributed by atoms with Crippen molar-refractivity contribution in [1.82, 2.24) is 0 Å². The van der Waals surface area contributed by atoms with Gasteiger partial charge in [0.1, 0.15) is 0 Å². The van der Waals surface area contributed by atoms with Crippen LogP contribution < -0.4 is 0 Å². The van der Waals surface area contributed by atoms with Crippen molar-refractivity contribution in [3.63, 3.8) is 0 Å². The summed E-state index contributed by atoms with van der Waals surface area (Å²) < 4.78 is 113. The van der Waals surface area contributed by atoms with Crippen LogP contribution in [0.3, 0.4) is 0 Å². The van der Waals surface area contributed by atoms with Gasteiger partial charge in [0.2, 0.25) is 0 Å². The van der Waals surface area contributed by atoms with E-state index in [1.165, 1.54) is 22.6 Å². The lowest BCUT2D eigenvalue weighted by Crippen LogP contribution is -2.63. The molecule has 0 heterocycles. The van der Waals surface area contributed by atoms with Gasteiger partial charge in [-0.05, 0) is 6.42 Å². The van der Waals surface area contributed by atoms with Crippen LogP contribution in [0, 0.1) is 0 Å². The second-order valence-corrected chi connectivity index (χ2v) is 7.67. The van der Waals surface area contributed by atoms with Crippen LogP contribution in [0.2, 0.25) is 0 Å². The third-order valence-corrected chi connectivity index (χ3v) is 3.89. The fraction of sp³-hybridized carbons (Fsp3) is 1.00. The van der Waals surface area contributed by atoms with E-state index < -0.39 is 33.8 Å². The molecule has 0 rings (SSSR count). The van der Waals surface area contributed by atoms with Crippen molar-refractivity contribution >= 4 is 22.6 Å². The zero-order chi connectivity index (χ0) is 17.3. The molecule has 0 aromatic carbocycles. The van der Waals surface area contributed by atoms with Crippen LogP contribution in [-0.4, -0.2) is 27.4 Å². The monoisotopic (exact) mass is 444 g/mol. The van der Waals surface area contributed by atoms with Gasteiger partial charge in [-0.2, -0.15) is 35.1 Å². The maximum absolute atomic E-state index is 13.9. The van der Waals surface area contributed by atoms with Gasteiger partial charge in [0.15, 0.2) is 0 Å². The van der Waals surface area contributed by atoms with Gasteiger partial charge in [0.05, 0.1) is 0 Å². The van der Waals surface area contributed by atoms with Gasteiger partial charge in [-0.1, -0.05) is 49.3 Å². The largest absolute Gasteiger partial charge is 0.457 e. The van der Waals surface area contributed by atoms with Gasteiger partial charge in [0.25, 0.3) is 5.67 Å². The molecule has 128 valence electrons. The Morgan fingerprint density at radius 2 is 1.24 bits per heavy atom. The van der Waals surface area contributed by atoms with Crippen molar-refractivity contribution in [2.24, 2.45) is 0 Å². The molecule has 0 fully saturated rings. The molecule has 0 aliphatic rings. The molecule has 0 aliphatic heterocycles. The molecule has 0 nitrogen and oxygen atoms in total. The van der Waals surface area contributed by atoms with E-state index in [4.69, 9.17) is 0 Å². The topological polar surface area (TPSA) is 0 Å². The van der Waals surface area contributed by atoms with E-state index in [0.717, 1.165) is 6.92 Å². The summed E-state index contributed by atoms with van der Waals surface area (Å²) in [6.07, 6.45) is -14.3. The van der Waals surface area contributed by atoms with Crippen LogP contribution in [0.4, 0.5) is 39.5 Å². The maximum Gasteiger partial charge on any atom is 0.457 e. The smallest absolute Gasteiger partial charge is 0.227 e. The summed E-state index contributed by atoms with van der Waals surface area (Å²) in [5.74, 6) is -6.52. The molecule has 0 aromatic heterocycles. The molecule has 0 aromatic rings. The molecule has 0 aliphatic carbocycles. The van der Waals surface area contributed by atoms with Crippen molar-refractivity contribution < 1.29 is 39.5 Å². The van der Waals surface area contributed by atoms with Crippen LogP contribution in [0.25, 0.3) is 0 Å². The first kappa shape index (κ1) is 21.1.